The summed E-state index contributed by atoms with van der Waals surface area (Å²) < 4.78 is 1.99. The van der Waals surface area contributed by atoms with Crippen molar-refractivity contribution in [2.24, 2.45) is 0 Å². The summed E-state index contributed by atoms with van der Waals surface area (Å²) in [5.74, 6) is -0.425. The van der Waals surface area contributed by atoms with Crippen LogP contribution < -0.4 is 0 Å². The van der Waals surface area contributed by atoms with Gasteiger partial charge in [-0.25, -0.2) is 9.78 Å². The number of rotatable bonds is 2. The number of aromatic carboxylic acids is 1. The first-order valence-corrected chi connectivity index (χ1v) is 10.1. The second kappa shape index (κ2) is 6.43. The second-order valence-corrected chi connectivity index (χ2v) is 8.37. The first kappa shape index (κ1) is 17.4. The maximum Gasteiger partial charge on any atom is 0.336 e. The predicted molar refractivity (Wildman–Crippen MR) is 119 cm³/mol. The Morgan fingerprint density at radius 1 is 0.857 bits per heavy atom. The molecule has 5 aromatic rings. The number of carbonyl (C=O) groups is 1. The van der Waals surface area contributed by atoms with E-state index in [1.165, 1.54) is 0 Å². The van der Waals surface area contributed by atoms with Gasteiger partial charge in [-0.05, 0) is 41.1 Å². The van der Waals surface area contributed by atoms with Crippen molar-refractivity contribution < 1.29 is 9.90 Å². The molecule has 0 aliphatic rings. The van der Waals surface area contributed by atoms with Crippen molar-refractivity contribution in [2.45, 2.75) is 0 Å². The van der Waals surface area contributed by atoms with Crippen LogP contribution in [0.3, 0.4) is 0 Å². The number of halogens is 2. The highest BCUT2D eigenvalue weighted by molar-refractivity contribution is 9.10. The fraction of sp³-hybridized carbons (Fsp3) is 0. The normalized spacial score (nSPS) is 11.5. The third-order valence-electron chi connectivity index (χ3n) is 4.89. The fourth-order valence-corrected chi connectivity index (χ4v) is 4.39. The van der Waals surface area contributed by atoms with E-state index >= 15 is 0 Å². The van der Waals surface area contributed by atoms with E-state index in [-0.39, 0.29) is 5.56 Å². The lowest BCUT2D eigenvalue weighted by molar-refractivity contribution is 0.0697. The summed E-state index contributed by atoms with van der Waals surface area (Å²) >= 11 is 7.13. The van der Waals surface area contributed by atoms with Crippen LogP contribution in [-0.2, 0) is 0 Å². The summed E-state index contributed by atoms with van der Waals surface area (Å²) in [6, 6.07) is 19.2. The molecule has 4 aromatic carbocycles. The predicted octanol–water partition coefficient (Wildman–Crippen LogP) is 6.76. The molecule has 0 fully saturated rings. The summed E-state index contributed by atoms with van der Waals surface area (Å²) in [4.78, 5) is 19.8. The van der Waals surface area contributed by atoms with Crippen LogP contribution in [0.5, 0.6) is 0 Å². The maximum atomic E-state index is 11.7. The molecule has 0 aliphatic carbocycles. The lowest BCUT2D eigenvalue weighted by atomic mass is 10.0. The number of benzene rings is 4. The van der Waals surface area contributed by atoms with Crippen LogP contribution in [0.1, 0.15) is 10.4 Å². The molecule has 136 valence electrons. The lowest BCUT2D eigenvalue weighted by Gasteiger charge is -2.07. The van der Waals surface area contributed by atoms with Gasteiger partial charge in [-0.3, -0.25) is 0 Å². The van der Waals surface area contributed by atoms with Crippen LogP contribution in [0, 0.1) is 0 Å². The van der Waals surface area contributed by atoms with Crippen molar-refractivity contribution in [2.75, 3.05) is 0 Å². The number of hydrogen-bond acceptors (Lipinski definition) is 2. The molecule has 0 bridgehead atoms. The van der Waals surface area contributed by atoms with Gasteiger partial charge in [0.15, 0.2) is 0 Å². The summed E-state index contributed by atoms with van der Waals surface area (Å²) in [6.45, 7) is 0. The van der Waals surface area contributed by atoms with Gasteiger partial charge in [-0.2, -0.15) is 0 Å². The van der Waals surface area contributed by atoms with Gasteiger partial charge in [0.05, 0.1) is 16.6 Å². The third kappa shape index (κ3) is 2.64. The smallest absolute Gasteiger partial charge is 0.336 e. The average Bonchev–Trinajstić information content (AvgIpc) is 3.13. The SMILES string of the molecule is O=C(O)c1ccccc1-c1nc2c3ccc(Br)cc3c3cc(Br)ccc3c2[nH]1. The number of H-pyrrole nitrogens is 1. The molecule has 1 aromatic heterocycles. The first-order valence-electron chi connectivity index (χ1n) is 8.56. The number of nitrogens with zero attached hydrogens (tertiary/aromatic N) is 1. The van der Waals surface area contributed by atoms with E-state index in [0.29, 0.717) is 11.4 Å². The van der Waals surface area contributed by atoms with Gasteiger partial charge in [-0.1, -0.05) is 62.2 Å². The molecule has 4 nitrogen and oxygen atoms in total. The van der Waals surface area contributed by atoms with Gasteiger partial charge in [-0.15, -0.1) is 0 Å². The Labute approximate surface area is 176 Å². The quantitative estimate of drug-likeness (QED) is 0.266. The molecule has 0 spiro atoms. The largest absolute Gasteiger partial charge is 0.478 e. The van der Waals surface area contributed by atoms with Gasteiger partial charge in [0.1, 0.15) is 5.82 Å². The molecule has 6 heteroatoms. The molecule has 28 heavy (non-hydrogen) atoms. The van der Waals surface area contributed by atoms with Gasteiger partial charge < -0.3 is 10.1 Å². The number of carboxylic acid groups (broad SMARTS) is 1. The Morgan fingerprint density at radius 2 is 1.50 bits per heavy atom. The number of aromatic nitrogens is 2. The van der Waals surface area contributed by atoms with Gasteiger partial charge in [0.25, 0.3) is 0 Å². The minimum absolute atomic E-state index is 0.223. The standard InChI is InChI=1S/C22H12Br2N2O2/c23-11-5-7-13-17(9-11)18-10-12(24)6-8-14(18)20-19(13)25-21(26-20)15-3-1-2-4-16(15)22(27)28/h1-10H,(H,25,26)(H,27,28). The van der Waals surface area contributed by atoms with Crippen molar-refractivity contribution in [3.05, 3.63) is 75.2 Å². The van der Waals surface area contributed by atoms with Crippen molar-refractivity contribution in [1.82, 2.24) is 9.97 Å². The highest BCUT2D eigenvalue weighted by atomic mass is 79.9. The lowest BCUT2D eigenvalue weighted by Crippen LogP contribution is -1.99. The van der Waals surface area contributed by atoms with Crippen molar-refractivity contribution >= 4 is 70.4 Å². The molecule has 1 heterocycles. The molecule has 0 unspecified atom stereocenters. The Bertz CT molecular complexity index is 1340. The first-order chi connectivity index (χ1) is 13.5. The molecule has 0 radical (unpaired) electrons. The fourth-order valence-electron chi connectivity index (χ4n) is 3.67. The Kier molecular flexibility index (Phi) is 4.00. The van der Waals surface area contributed by atoms with E-state index < -0.39 is 5.97 Å². The zero-order chi connectivity index (χ0) is 19.4. The maximum absolute atomic E-state index is 11.7. The van der Waals surface area contributed by atoms with Crippen LogP contribution in [-0.4, -0.2) is 21.0 Å². The van der Waals surface area contributed by atoms with Gasteiger partial charge in [0.2, 0.25) is 0 Å². The van der Waals surface area contributed by atoms with E-state index in [4.69, 9.17) is 4.98 Å². The zero-order valence-corrected chi connectivity index (χ0v) is 17.5. The number of aromatic amines is 1. The van der Waals surface area contributed by atoms with E-state index in [1.54, 1.807) is 18.2 Å². The highest BCUT2D eigenvalue weighted by Crippen LogP contribution is 2.38. The van der Waals surface area contributed by atoms with Crippen LogP contribution in [0.4, 0.5) is 0 Å². The molecule has 0 aliphatic heterocycles. The molecular formula is C22H12Br2N2O2. The summed E-state index contributed by atoms with van der Waals surface area (Å²) in [7, 11) is 0. The Balaban J connectivity index is 1.94. The molecule has 0 amide bonds. The second-order valence-electron chi connectivity index (χ2n) is 6.54. The van der Waals surface area contributed by atoms with E-state index in [9.17, 15) is 9.90 Å². The van der Waals surface area contributed by atoms with Crippen LogP contribution in [0.2, 0.25) is 0 Å². The monoisotopic (exact) mass is 494 g/mol. The number of carboxylic acids is 1. The van der Waals surface area contributed by atoms with Crippen LogP contribution in [0.25, 0.3) is 44.0 Å². The number of hydrogen-bond donors (Lipinski definition) is 2. The topological polar surface area (TPSA) is 66.0 Å². The van der Waals surface area contributed by atoms with Crippen molar-refractivity contribution in [3.63, 3.8) is 0 Å². The van der Waals surface area contributed by atoms with E-state index in [0.717, 1.165) is 41.5 Å². The third-order valence-corrected chi connectivity index (χ3v) is 5.88. The van der Waals surface area contributed by atoms with Crippen molar-refractivity contribution in [3.8, 4) is 11.4 Å². The minimum Gasteiger partial charge on any atom is -0.478 e. The molecule has 0 saturated carbocycles. The van der Waals surface area contributed by atoms with E-state index in [1.807, 2.05) is 30.3 Å². The number of imidazole rings is 1. The average molecular weight is 496 g/mol. The van der Waals surface area contributed by atoms with Gasteiger partial charge in [0, 0.05) is 25.3 Å². The summed E-state index contributed by atoms with van der Waals surface area (Å²) in [5.41, 5.74) is 2.52. The van der Waals surface area contributed by atoms with Crippen LogP contribution >= 0.6 is 31.9 Å². The van der Waals surface area contributed by atoms with Crippen molar-refractivity contribution in [1.29, 1.82) is 0 Å². The highest BCUT2D eigenvalue weighted by Gasteiger charge is 2.17. The Hall–Kier alpha value is -2.70. The molecule has 0 atom stereocenters. The molecule has 0 saturated heterocycles. The number of nitrogens with one attached hydrogen (secondary N) is 1. The molecular weight excluding hydrogens is 484 g/mol. The van der Waals surface area contributed by atoms with E-state index in [2.05, 4.69) is 49.0 Å². The molecule has 2 N–H and O–H groups in total. The number of fused-ring (bicyclic) bond motifs is 6. The molecule has 5 rings (SSSR count). The summed E-state index contributed by atoms with van der Waals surface area (Å²) in [6.07, 6.45) is 0. The van der Waals surface area contributed by atoms with Gasteiger partial charge >= 0.3 is 5.97 Å². The zero-order valence-electron chi connectivity index (χ0n) is 14.3. The Morgan fingerprint density at radius 3 is 2.21 bits per heavy atom. The minimum atomic E-state index is -0.973. The summed E-state index contributed by atoms with van der Waals surface area (Å²) in [5, 5.41) is 13.8. The van der Waals surface area contributed by atoms with Crippen LogP contribution in [0.15, 0.2) is 69.6 Å².